The molecule has 2 heterocycles. The third kappa shape index (κ3) is 6.23. The van der Waals surface area contributed by atoms with Gasteiger partial charge in [0.15, 0.2) is 0 Å². The molecule has 0 bridgehead atoms. The van der Waals surface area contributed by atoms with Crippen molar-refractivity contribution < 1.29 is 24.5 Å². The largest absolute Gasteiger partial charge is 0.478 e. The minimum atomic E-state index is -0.955. The van der Waals surface area contributed by atoms with E-state index in [1.54, 1.807) is 35.4 Å². The second-order valence-electron chi connectivity index (χ2n) is 9.95. The molecule has 0 unspecified atom stereocenters. The molecule has 0 saturated heterocycles. The Morgan fingerprint density at radius 3 is 2.81 bits per heavy atom. The van der Waals surface area contributed by atoms with Crippen LogP contribution in [0.1, 0.15) is 58.5 Å². The number of nitrogens with zero attached hydrogens (tertiary/aromatic N) is 3. The number of aliphatic hydroxyl groups excluding tert-OH is 1. The first-order valence-corrected chi connectivity index (χ1v) is 12.4. The van der Waals surface area contributed by atoms with Gasteiger partial charge in [-0.25, -0.2) is 9.78 Å². The fraction of sp³-hybridized carbons (Fsp3) is 0.464. The zero-order valence-electron chi connectivity index (χ0n) is 21.0. The zero-order valence-corrected chi connectivity index (χ0v) is 21.0. The molecule has 3 atom stereocenters. The zero-order chi connectivity index (χ0) is 25.8. The summed E-state index contributed by atoms with van der Waals surface area (Å²) in [6, 6.07) is 8.27. The SMILES string of the molecule is C[C@H]1CN([C@@H](C)CO)C(=O)c2cc(C#CC3CC3)cnc2O[C@@H]1CN(C)Cc1cccc(C(=O)O)c1. The summed E-state index contributed by atoms with van der Waals surface area (Å²) in [4.78, 5) is 33.0. The van der Waals surface area contributed by atoms with Crippen LogP contribution in [0, 0.1) is 23.7 Å². The van der Waals surface area contributed by atoms with Crippen LogP contribution in [0.4, 0.5) is 0 Å². The van der Waals surface area contributed by atoms with Crippen molar-refractivity contribution in [2.45, 2.75) is 45.4 Å². The second-order valence-corrected chi connectivity index (χ2v) is 9.95. The third-order valence-electron chi connectivity index (χ3n) is 6.64. The fourth-order valence-corrected chi connectivity index (χ4v) is 4.29. The first-order chi connectivity index (χ1) is 17.2. The highest BCUT2D eigenvalue weighted by atomic mass is 16.5. The normalized spacial score (nSPS) is 20.5. The Kier molecular flexibility index (Phi) is 7.92. The monoisotopic (exact) mass is 491 g/mol. The molecular formula is C28H33N3O5. The Bertz CT molecular complexity index is 1180. The number of aliphatic hydroxyl groups is 1. The number of hydrogen-bond acceptors (Lipinski definition) is 6. The van der Waals surface area contributed by atoms with E-state index in [-0.39, 0.29) is 42.0 Å². The lowest BCUT2D eigenvalue weighted by Gasteiger charge is -2.37. The van der Waals surface area contributed by atoms with Gasteiger partial charge in [-0.3, -0.25) is 9.69 Å². The number of hydrogen-bond donors (Lipinski definition) is 2. The van der Waals surface area contributed by atoms with Crippen molar-refractivity contribution in [2.75, 3.05) is 26.7 Å². The van der Waals surface area contributed by atoms with Crippen molar-refractivity contribution in [3.05, 3.63) is 58.8 Å². The lowest BCUT2D eigenvalue weighted by Crippen LogP contribution is -2.49. The summed E-state index contributed by atoms with van der Waals surface area (Å²) in [6.45, 7) is 5.21. The summed E-state index contributed by atoms with van der Waals surface area (Å²) >= 11 is 0. The van der Waals surface area contributed by atoms with E-state index in [2.05, 4.69) is 21.7 Å². The minimum absolute atomic E-state index is 0.0416. The summed E-state index contributed by atoms with van der Waals surface area (Å²) in [5.74, 6) is 5.81. The standard InChI is InChI=1S/C28H33N3O5/c1-18-14-31(19(2)17-32)27(33)24-12-21(10-9-20-7-8-20)13-29-26(24)36-25(18)16-30(3)15-22-5-4-6-23(11-22)28(34)35/h4-6,11-13,18-20,25,32H,7-8,14-17H2,1-3H3,(H,34,35)/t18-,19-,25+/m0/s1. The molecule has 1 aliphatic carbocycles. The van der Waals surface area contributed by atoms with E-state index < -0.39 is 5.97 Å². The molecule has 36 heavy (non-hydrogen) atoms. The summed E-state index contributed by atoms with van der Waals surface area (Å²) in [5.41, 5.74) is 2.17. The van der Waals surface area contributed by atoms with Gasteiger partial charge in [-0.1, -0.05) is 30.9 Å². The Morgan fingerprint density at radius 1 is 1.33 bits per heavy atom. The lowest BCUT2D eigenvalue weighted by molar-refractivity contribution is 0.0324. The van der Waals surface area contributed by atoms with Gasteiger partial charge in [-0.05, 0) is 50.6 Å². The molecule has 1 aromatic heterocycles. The maximum absolute atomic E-state index is 13.5. The Balaban J connectivity index is 1.58. The Labute approximate surface area is 211 Å². The molecule has 1 fully saturated rings. The fourth-order valence-electron chi connectivity index (χ4n) is 4.29. The number of aromatic nitrogens is 1. The first kappa shape index (κ1) is 25.7. The minimum Gasteiger partial charge on any atom is -0.478 e. The highest BCUT2D eigenvalue weighted by molar-refractivity contribution is 5.97. The molecule has 2 aromatic rings. The highest BCUT2D eigenvalue weighted by Gasteiger charge is 2.34. The first-order valence-electron chi connectivity index (χ1n) is 12.4. The predicted octanol–water partition coefficient (Wildman–Crippen LogP) is 2.89. The molecule has 1 aliphatic heterocycles. The summed E-state index contributed by atoms with van der Waals surface area (Å²) in [6.07, 6.45) is 3.59. The third-order valence-corrected chi connectivity index (χ3v) is 6.64. The van der Waals surface area contributed by atoms with Crippen molar-refractivity contribution in [3.8, 4) is 17.7 Å². The van der Waals surface area contributed by atoms with Gasteiger partial charge in [0.25, 0.3) is 5.91 Å². The van der Waals surface area contributed by atoms with Crippen LogP contribution in [0.25, 0.3) is 0 Å². The number of pyridine rings is 1. The molecule has 190 valence electrons. The van der Waals surface area contributed by atoms with E-state index in [1.165, 1.54) is 0 Å². The Morgan fingerprint density at radius 2 is 2.11 bits per heavy atom. The van der Waals surface area contributed by atoms with Crippen LogP contribution in [0.15, 0.2) is 36.5 Å². The molecule has 2 aliphatic rings. The van der Waals surface area contributed by atoms with Gasteiger partial charge in [-0.2, -0.15) is 0 Å². The van der Waals surface area contributed by atoms with E-state index in [4.69, 9.17) is 4.74 Å². The Hall–Kier alpha value is -3.41. The topological polar surface area (TPSA) is 103 Å². The van der Waals surface area contributed by atoms with Gasteiger partial charge in [0, 0.05) is 43.2 Å². The number of carboxylic acid groups (broad SMARTS) is 1. The van der Waals surface area contributed by atoms with Crippen molar-refractivity contribution in [2.24, 2.45) is 11.8 Å². The number of fused-ring (bicyclic) bond motifs is 1. The quantitative estimate of drug-likeness (QED) is 0.574. The molecule has 8 heteroatoms. The number of benzene rings is 1. The average molecular weight is 492 g/mol. The number of carbonyl (C=O) groups excluding carboxylic acids is 1. The van der Waals surface area contributed by atoms with E-state index in [0.717, 1.165) is 18.4 Å². The number of aromatic carboxylic acids is 1. The molecule has 1 aromatic carbocycles. The molecule has 8 nitrogen and oxygen atoms in total. The van der Waals surface area contributed by atoms with E-state index in [0.29, 0.717) is 36.7 Å². The molecule has 0 radical (unpaired) electrons. The van der Waals surface area contributed by atoms with Crippen LogP contribution >= 0.6 is 0 Å². The summed E-state index contributed by atoms with van der Waals surface area (Å²) in [5, 5.41) is 19.1. The van der Waals surface area contributed by atoms with Gasteiger partial charge in [0.1, 0.15) is 11.7 Å². The molecular weight excluding hydrogens is 458 g/mol. The summed E-state index contributed by atoms with van der Waals surface area (Å²) in [7, 11) is 1.95. The van der Waals surface area contributed by atoms with Gasteiger partial charge in [0.05, 0.1) is 18.2 Å². The molecule has 1 saturated carbocycles. The number of carbonyl (C=O) groups is 2. The van der Waals surface area contributed by atoms with Crippen molar-refractivity contribution in [1.29, 1.82) is 0 Å². The lowest BCUT2D eigenvalue weighted by atomic mass is 9.99. The smallest absolute Gasteiger partial charge is 0.335 e. The van der Waals surface area contributed by atoms with Crippen LogP contribution < -0.4 is 4.74 Å². The van der Waals surface area contributed by atoms with Gasteiger partial charge in [0.2, 0.25) is 5.88 Å². The highest BCUT2D eigenvalue weighted by Crippen LogP contribution is 2.29. The van der Waals surface area contributed by atoms with Crippen LogP contribution in [-0.2, 0) is 6.54 Å². The van der Waals surface area contributed by atoms with Crippen molar-refractivity contribution >= 4 is 11.9 Å². The van der Waals surface area contributed by atoms with E-state index in [9.17, 15) is 19.8 Å². The van der Waals surface area contributed by atoms with Crippen LogP contribution in [-0.4, -0.2) is 75.8 Å². The van der Waals surface area contributed by atoms with Gasteiger partial charge in [-0.15, -0.1) is 0 Å². The summed E-state index contributed by atoms with van der Waals surface area (Å²) < 4.78 is 6.34. The molecule has 1 amide bonds. The van der Waals surface area contributed by atoms with Crippen molar-refractivity contribution in [1.82, 2.24) is 14.8 Å². The average Bonchev–Trinajstić information content (AvgIpc) is 3.69. The molecule has 2 N–H and O–H groups in total. The van der Waals surface area contributed by atoms with Crippen LogP contribution in [0.5, 0.6) is 5.88 Å². The van der Waals surface area contributed by atoms with Gasteiger partial charge < -0.3 is 19.8 Å². The van der Waals surface area contributed by atoms with Crippen molar-refractivity contribution in [3.63, 3.8) is 0 Å². The maximum atomic E-state index is 13.5. The molecule has 4 rings (SSSR count). The van der Waals surface area contributed by atoms with E-state index >= 15 is 0 Å². The molecule has 0 spiro atoms. The number of rotatable bonds is 7. The second kappa shape index (κ2) is 11.1. The number of carboxylic acids is 1. The van der Waals surface area contributed by atoms with Crippen LogP contribution in [0.2, 0.25) is 0 Å². The van der Waals surface area contributed by atoms with E-state index in [1.807, 2.05) is 27.0 Å². The number of ether oxygens (including phenoxy) is 1. The maximum Gasteiger partial charge on any atom is 0.335 e. The van der Waals surface area contributed by atoms with Crippen LogP contribution in [0.3, 0.4) is 0 Å². The number of likely N-dealkylation sites (N-methyl/N-ethyl adjacent to an activating group) is 1. The number of amides is 1. The predicted molar refractivity (Wildman–Crippen MR) is 135 cm³/mol. The van der Waals surface area contributed by atoms with Gasteiger partial charge >= 0.3 is 5.97 Å².